The number of amides is 1. The molecule has 2 N–H and O–H groups in total. The van der Waals surface area contributed by atoms with Crippen molar-refractivity contribution in [2.75, 3.05) is 27.4 Å². The summed E-state index contributed by atoms with van der Waals surface area (Å²) in [5, 5.41) is 12.6. The van der Waals surface area contributed by atoms with E-state index in [1.165, 1.54) is 0 Å². The molecule has 0 aliphatic carbocycles. The molecule has 122 valence electrons. The van der Waals surface area contributed by atoms with E-state index in [-0.39, 0.29) is 18.6 Å². The Labute approximate surface area is 130 Å². The van der Waals surface area contributed by atoms with Gasteiger partial charge in [-0.2, -0.15) is 0 Å². The summed E-state index contributed by atoms with van der Waals surface area (Å²) in [7, 11) is 3.17. The molecule has 1 saturated heterocycles. The first kappa shape index (κ1) is 16.6. The van der Waals surface area contributed by atoms with Gasteiger partial charge < -0.3 is 24.6 Å². The molecule has 0 spiro atoms. The molecule has 6 heteroatoms. The average molecular weight is 309 g/mol. The molecule has 1 fully saturated rings. The molecule has 2 rings (SSSR count). The zero-order valence-electron chi connectivity index (χ0n) is 13.0. The van der Waals surface area contributed by atoms with Crippen LogP contribution in [0.4, 0.5) is 0 Å². The van der Waals surface area contributed by atoms with Gasteiger partial charge >= 0.3 is 0 Å². The second-order valence-electron chi connectivity index (χ2n) is 5.29. The highest BCUT2D eigenvalue weighted by Crippen LogP contribution is 2.27. The van der Waals surface area contributed by atoms with Crippen LogP contribution in [0, 0.1) is 0 Å². The quantitative estimate of drug-likeness (QED) is 0.816. The summed E-state index contributed by atoms with van der Waals surface area (Å²) >= 11 is 0. The molecular weight excluding hydrogens is 286 g/mol. The summed E-state index contributed by atoms with van der Waals surface area (Å²) in [6.45, 7) is 0.846. The monoisotopic (exact) mass is 309 g/mol. The fourth-order valence-corrected chi connectivity index (χ4v) is 2.46. The molecule has 1 aliphatic heterocycles. The number of ether oxygens (including phenoxy) is 3. The van der Waals surface area contributed by atoms with E-state index in [0.29, 0.717) is 37.4 Å². The third-order valence-electron chi connectivity index (χ3n) is 3.76. The van der Waals surface area contributed by atoms with Gasteiger partial charge in [0.05, 0.1) is 33.0 Å². The number of methoxy groups -OCH3 is 2. The summed E-state index contributed by atoms with van der Waals surface area (Å²) in [5.41, 5.74) is 1.00. The number of nitrogens with one attached hydrogen (secondary N) is 1. The molecule has 1 aromatic rings. The van der Waals surface area contributed by atoms with Crippen LogP contribution in [0.1, 0.15) is 18.4 Å². The van der Waals surface area contributed by atoms with E-state index in [2.05, 4.69) is 5.32 Å². The Hall–Kier alpha value is -1.79. The first-order chi connectivity index (χ1) is 10.6. The van der Waals surface area contributed by atoms with Gasteiger partial charge in [-0.05, 0) is 30.5 Å². The Morgan fingerprint density at radius 2 is 2.14 bits per heavy atom. The van der Waals surface area contributed by atoms with Crippen molar-refractivity contribution in [2.45, 2.75) is 31.4 Å². The average Bonchev–Trinajstić information content (AvgIpc) is 2.54. The maximum atomic E-state index is 12.0. The molecule has 1 aromatic carbocycles. The standard InChI is InChI=1S/C16H23NO5/c1-20-14-5-3-11(9-15(14)21-2)4-6-16(19)17-12-7-8-22-10-13(12)18/h3,5,9,12-13,18H,4,6-8,10H2,1-2H3,(H,17,19)/t12-,13-/m1/s1. The van der Waals surface area contributed by atoms with Gasteiger partial charge in [-0.3, -0.25) is 4.79 Å². The molecule has 1 aliphatic rings. The van der Waals surface area contributed by atoms with E-state index in [9.17, 15) is 9.90 Å². The third kappa shape index (κ3) is 4.35. The Kier molecular flexibility index (Phi) is 6.03. The van der Waals surface area contributed by atoms with E-state index in [1.807, 2.05) is 18.2 Å². The molecule has 0 unspecified atom stereocenters. The lowest BCUT2D eigenvalue weighted by molar-refractivity contribution is -0.124. The Bertz CT molecular complexity index is 505. The summed E-state index contributed by atoms with van der Waals surface area (Å²) in [6, 6.07) is 5.40. The molecule has 0 aromatic heterocycles. The minimum Gasteiger partial charge on any atom is -0.493 e. The molecule has 0 radical (unpaired) electrons. The van der Waals surface area contributed by atoms with Crippen LogP contribution in [0.5, 0.6) is 11.5 Å². The lowest BCUT2D eigenvalue weighted by atomic mass is 10.0. The van der Waals surface area contributed by atoms with Crippen molar-refractivity contribution in [1.29, 1.82) is 0 Å². The molecule has 2 atom stereocenters. The number of aliphatic hydroxyl groups is 1. The van der Waals surface area contributed by atoms with Crippen molar-refractivity contribution in [2.24, 2.45) is 0 Å². The number of hydrogen-bond donors (Lipinski definition) is 2. The van der Waals surface area contributed by atoms with Crippen LogP contribution in [0.15, 0.2) is 18.2 Å². The van der Waals surface area contributed by atoms with E-state index in [0.717, 1.165) is 5.56 Å². The van der Waals surface area contributed by atoms with Crippen LogP contribution >= 0.6 is 0 Å². The topological polar surface area (TPSA) is 77.0 Å². The minimum absolute atomic E-state index is 0.0688. The highest BCUT2D eigenvalue weighted by molar-refractivity contribution is 5.76. The van der Waals surface area contributed by atoms with Gasteiger partial charge in [0, 0.05) is 13.0 Å². The summed E-state index contributed by atoms with van der Waals surface area (Å²) in [5.74, 6) is 1.25. The van der Waals surface area contributed by atoms with Gasteiger partial charge in [0.15, 0.2) is 11.5 Å². The molecule has 1 amide bonds. The van der Waals surface area contributed by atoms with E-state index in [1.54, 1.807) is 14.2 Å². The highest BCUT2D eigenvalue weighted by atomic mass is 16.5. The lowest BCUT2D eigenvalue weighted by Crippen LogP contribution is -2.48. The van der Waals surface area contributed by atoms with Gasteiger partial charge in [0.2, 0.25) is 5.91 Å². The Balaban J connectivity index is 1.85. The third-order valence-corrected chi connectivity index (χ3v) is 3.76. The predicted octanol–water partition coefficient (Wildman–Crippen LogP) is 0.902. The van der Waals surface area contributed by atoms with Crippen LogP contribution in [-0.4, -0.2) is 50.6 Å². The van der Waals surface area contributed by atoms with Crippen molar-refractivity contribution in [3.8, 4) is 11.5 Å². The van der Waals surface area contributed by atoms with Gasteiger partial charge in [0.25, 0.3) is 0 Å². The highest BCUT2D eigenvalue weighted by Gasteiger charge is 2.24. The largest absolute Gasteiger partial charge is 0.493 e. The molecule has 22 heavy (non-hydrogen) atoms. The Morgan fingerprint density at radius 1 is 1.36 bits per heavy atom. The maximum Gasteiger partial charge on any atom is 0.220 e. The fraction of sp³-hybridized carbons (Fsp3) is 0.562. The van der Waals surface area contributed by atoms with Crippen molar-refractivity contribution >= 4 is 5.91 Å². The molecule has 0 saturated carbocycles. The zero-order valence-corrected chi connectivity index (χ0v) is 13.0. The lowest BCUT2D eigenvalue weighted by Gasteiger charge is -2.28. The summed E-state index contributed by atoms with van der Waals surface area (Å²) in [4.78, 5) is 12.0. The summed E-state index contributed by atoms with van der Waals surface area (Å²) < 4.78 is 15.6. The van der Waals surface area contributed by atoms with Crippen LogP contribution in [0.25, 0.3) is 0 Å². The first-order valence-corrected chi connectivity index (χ1v) is 7.40. The fourth-order valence-electron chi connectivity index (χ4n) is 2.46. The number of benzene rings is 1. The first-order valence-electron chi connectivity index (χ1n) is 7.40. The second kappa shape index (κ2) is 8.00. The number of aliphatic hydroxyl groups excluding tert-OH is 1. The predicted molar refractivity (Wildman–Crippen MR) is 81.2 cm³/mol. The zero-order chi connectivity index (χ0) is 15.9. The van der Waals surface area contributed by atoms with Crippen LogP contribution in [0.3, 0.4) is 0 Å². The van der Waals surface area contributed by atoms with Crippen LogP contribution < -0.4 is 14.8 Å². The van der Waals surface area contributed by atoms with Crippen molar-refractivity contribution in [3.05, 3.63) is 23.8 Å². The number of carbonyl (C=O) groups excluding carboxylic acids is 1. The second-order valence-corrected chi connectivity index (χ2v) is 5.29. The SMILES string of the molecule is COc1ccc(CCC(=O)N[C@@H]2CCOC[C@H]2O)cc1OC. The molecule has 1 heterocycles. The van der Waals surface area contributed by atoms with Gasteiger partial charge in [0.1, 0.15) is 0 Å². The van der Waals surface area contributed by atoms with Gasteiger partial charge in [-0.15, -0.1) is 0 Å². The van der Waals surface area contributed by atoms with E-state index in [4.69, 9.17) is 14.2 Å². The number of rotatable bonds is 6. The molecular formula is C16H23NO5. The van der Waals surface area contributed by atoms with E-state index < -0.39 is 6.10 Å². The normalized spacial score (nSPS) is 21.2. The van der Waals surface area contributed by atoms with E-state index >= 15 is 0 Å². The van der Waals surface area contributed by atoms with Gasteiger partial charge in [-0.1, -0.05) is 6.07 Å². The van der Waals surface area contributed by atoms with Crippen LogP contribution in [-0.2, 0) is 16.0 Å². The summed E-state index contributed by atoms with van der Waals surface area (Å²) in [6.07, 6.45) is 0.979. The Morgan fingerprint density at radius 3 is 2.82 bits per heavy atom. The van der Waals surface area contributed by atoms with Crippen LogP contribution in [0.2, 0.25) is 0 Å². The van der Waals surface area contributed by atoms with Gasteiger partial charge in [-0.25, -0.2) is 0 Å². The van der Waals surface area contributed by atoms with Crippen molar-refractivity contribution in [3.63, 3.8) is 0 Å². The molecule has 0 bridgehead atoms. The molecule has 6 nitrogen and oxygen atoms in total. The minimum atomic E-state index is -0.626. The van der Waals surface area contributed by atoms with Crippen molar-refractivity contribution < 1.29 is 24.1 Å². The number of aryl methyl sites for hydroxylation is 1. The number of carbonyl (C=O) groups is 1. The smallest absolute Gasteiger partial charge is 0.220 e. The maximum absolute atomic E-state index is 12.0. The number of hydrogen-bond acceptors (Lipinski definition) is 5. The van der Waals surface area contributed by atoms with Crippen molar-refractivity contribution in [1.82, 2.24) is 5.32 Å².